The third-order valence-corrected chi connectivity index (χ3v) is 5.86. The van der Waals surface area contributed by atoms with Crippen LogP contribution in [-0.4, -0.2) is 72.0 Å². The summed E-state index contributed by atoms with van der Waals surface area (Å²) in [5.74, 6) is 3.16. The fourth-order valence-electron chi connectivity index (χ4n) is 3.91. The number of hydrogen-bond acceptors (Lipinski definition) is 6. The first-order valence-corrected chi connectivity index (χ1v) is 10.9. The second-order valence-electron chi connectivity index (χ2n) is 9.53. The first kappa shape index (κ1) is 22.5. The zero-order chi connectivity index (χ0) is 21.8. The zero-order valence-corrected chi connectivity index (χ0v) is 18.4. The van der Waals surface area contributed by atoms with Crippen LogP contribution in [0, 0.1) is 18.3 Å². The van der Waals surface area contributed by atoms with E-state index in [0.29, 0.717) is 51.2 Å². The summed E-state index contributed by atoms with van der Waals surface area (Å²) in [5, 5.41) is 8.28. The average Bonchev–Trinajstić information content (AvgIpc) is 3.42. The van der Waals surface area contributed by atoms with Gasteiger partial charge in [0.15, 0.2) is 5.66 Å². The molecule has 2 saturated heterocycles. The van der Waals surface area contributed by atoms with Gasteiger partial charge in [-0.3, -0.25) is 4.79 Å². The molecule has 3 aliphatic rings. The Morgan fingerprint density at radius 2 is 1.90 bits per heavy atom. The Hall–Kier alpha value is -2.14. The summed E-state index contributed by atoms with van der Waals surface area (Å²) in [5.41, 5.74) is -0.974. The molecule has 2 amide bonds. The molecule has 0 aromatic rings. The Morgan fingerprint density at radius 3 is 2.47 bits per heavy atom. The molecule has 0 N–H and O–H groups in total. The summed E-state index contributed by atoms with van der Waals surface area (Å²) < 4.78 is 10.9. The van der Waals surface area contributed by atoms with Gasteiger partial charge in [-0.05, 0) is 39.5 Å². The van der Waals surface area contributed by atoms with Gasteiger partial charge in [0.1, 0.15) is 5.60 Å². The van der Waals surface area contributed by atoms with Crippen LogP contribution in [0.3, 0.4) is 0 Å². The summed E-state index contributed by atoms with van der Waals surface area (Å²) in [6, 6.07) is 0.0302. The van der Waals surface area contributed by atoms with Crippen molar-refractivity contribution in [1.82, 2.24) is 9.80 Å². The van der Waals surface area contributed by atoms with Gasteiger partial charge in [0, 0.05) is 58.5 Å². The quantitative estimate of drug-likeness (QED) is 0.567. The van der Waals surface area contributed by atoms with E-state index in [1.165, 1.54) is 0 Å². The minimum Gasteiger partial charge on any atom is -0.444 e. The third kappa shape index (κ3) is 6.18. The lowest BCUT2D eigenvalue weighted by Gasteiger charge is -2.46. The van der Waals surface area contributed by atoms with E-state index < -0.39 is 11.3 Å². The van der Waals surface area contributed by atoms with Crippen LogP contribution in [0.4, 0.5) is 4.79 Å². The summed E-state index contributed by atoms with van der Waals surface area (Å²) >= 11 is 0. The van der Waals surface area contributed by atoms with Crippen molar-refractivity contribution >= 4 is 12.0 Å². The summed E-state index contributed by atoms with van der Waals surface area (Å²) in [6.45, 7) is 8.79. The molecule has 3 aliphatic heterocycles. The van der Waals surface area contributed by atoms with E-state index in [2.05, 4.69) is 16.1 Å². The van der Waals surface area contributed by atoms with Crippen molar-refractivity contribution in [3.63, 3.8) is 0 Å². The molecule has 30 heavy (non-hydrogen) atoms. The van der Waals surface area contributed by atoms with E-state index in [-0.39, 0.29) is 18.0 Å². The van der Waals surface area contributed by atoms with Gasteiger partial charge in [-0.25, -0.2) is 4.79 Å². The van der Waals surface area contributed by atoms with Crippen LogP contribution in [0.15, 0.2) is 10.2 Å². The maximum Gasteiger partial charge on any atom is 0.410 e. The number of nitrogens with zero attached hydrogens (tertiary/aromatic N) is 4. The van der Waals surface area contributed by atoms with Crippen LogP contribution in [0.1, 0.15) is 59.3 Å². The fourth-order valence-corrected chi connectivity index (χ4v) is 3.91. The van der Waals surface area contributed by atoms with E-state index in [1.807, 2.05) is 25.7 Å². The van der Waals surface area contributed by atoms with Gasteiger partial charge in [0.25, 0.3) is 0 Å². The number of terminal acetylenes is 1. The molecule has 0 aromatic carbocycles. The van der Waals surface area contributed by atoms with Gasteiger partial charge in [-0.1, -0.05) is 0 Å². The topological polar surface area (TPSA) is 83.8 Å². The lowest BCUT2D eigenvalue weighted by molar-refractivity contribution is -0.139. The van der Waals surface area contributed by atoms with Gasteiger partial charge in [-0.15, -0.1) is 12.3 Å². The fraction of sp³-hybridized carbons (Fsp3) is 0.818. The SMILES string of the molecule is C#CCCC1(CCC(=O)N(CC2CCOCC2)C2CN(C(=O)OC(C)(C)C)C2)N=N1. The minimum absolute atomic E-state index is 0.0302. The van der Waals surface area contributed by atoms with Crippen molar-refractivity contribution in [2.45, 2.75) is 76.6 Å². The second-order valence-corrected chi connectivity index (χ2v) is 9.53. The van der Waals surface area contributed by atoms with Crippen molar-refractivity contribution in [2.75, 3.05) is 32.8 Å². The largest absolute Gasteiger partial charge is 0.444 e. The molecule has 0 aromatic heterocycles. The Bertz CT molecular complexity index is 691. The van der Waals surface area contributed by atoms with Crippen molar-refractivity contribution < 1.29 is 19.1 Å². The van der Waals surface area contributed by atoms with Crippen molar-refractivity contribution in [1.29, 1.82) is 0 Å². The summed E-state index contributed by atoms with van der Waals surface area (Å²) in [4.78, 5) is 29.1. The Balaban J connectivity index is 1.55. The van der Waals surface area contributed by atoms with Crippen molar-refractivity contribution in [3.8, 4) is 12.3 Å². The van der Waals surface area contributed by atoms with E-state index in [0.717, 1.165) is 26.1 Å². The summed E-state index contributed by atoms with van der Waals surface area (Å²) in [6.07, 6.45) is 9.26. The van der Waals surface area contributed by atoms with Gasteiger partial charge in [0.05, 0.1) is 6.04 Å². The number of rotatable bonds is 8. The minimum atomic E-state index is -0.524. The molecule has 8 heteroatoms. The molecule has 0 saturated carbocycles. The Morgan fingerprint density at radius 1 is 1.23 bits per heavy atom. The Kier molecular flexibility index (Phi) is 7.02. The summed E-state index contributed by atoms with van der Waals surface area (Å²) in [7, 11) is 0. The highest BCUT2D eigenvalue weighted by Gasteiger charge is 2.42. The maximum atomic E-state index is 13.1. The molecule has 0 radical (unpaired) electrons. The van der Waals surface area contributed by atoms with Crippen LogP contribution in [0.5, 0.6) is 0 Å². The first-order chi connectivity index (χ1) is 14.2. The highest BCUT2D eigenvalue weighted by Crippen LogP contribution is 2.38. The molecule has 0 spiro atoms. The standard InChI is InChI=1S/C22H34N4O4/c1-5-6-10-22(23-24-22)11-7-19(27)26(14-17-8-12-29-13-9-17)18-15-25(16-18)20(28)30-21(2,3)4/h1,17-18H,6-16H2,2-4H3. The maximum absolute atomic E-state index is 13.1. The van der Waals surface area contributed by atoms with Crippen LogP contribution in [0.2, 0.25) is 0 Å². The number of carbonyl (C=O) groups is 2. The molecule has 0 bridgehead atoms. The molecule has 0 aliphatic carbocycles. The van der Waals surface area contributed by atoms with Crippen molar-refractivity contribution in [3.05, 3.63) is 0 Å². The molecule has 3 rings (SSSR count). The highest BCUT2D eigenvalue weighted by molar-refractivity contribution is 5.77. The average molecular weight is 419 g/mol. The lowest BCUT2D eigenvalue weighted by Crippen LogP contribution is -2.63. The molecular formula is C22H34N4O4. The number of ether oxygens (including phenoxy) is 2. The number of amides is 2. The molecule has 3 heterocycles. The molecular weight excluding hydrogens is 384 g/mol. The number of hydrogen-bond donors (Lipinski definition) is 0. The first-order valence-electron chi connectivity index (χ1n) is 10.9. The lowest BCUT2D eigenvalue weighted by atomic mass is 9.96. The molecule has 0 unspecified atom stereocenters. The van der Waals surface area contributed by atoms with Crippen LogP contribution >= 0.6 is 0 Å². The number of carbonyl (C=O) groups excluding carboxylic acids is 2. The molecule has 2 fully saturated rings. The van der Waals surface area contributed by atoms with Gasteiger partial charge >= 0.3 is 6.09 Å². The van der Waals surface area contributed by atoms with E-state index in [9.17, 15) is 9.59 Å². The van der Waals surface area contributed by atoms with Gasteiger partial charge < -0.3 is 19.3 Å². The van der Waals surface area contributed by atoms with E-state index in [1.54, 1.807) is 4.90 Å². The molecule has 166 valence electrons. The third-order valence-electron chi connectivity index (χ3n) is 5.86. The van der Waals surface area contributed by atoms with Crippen LogP contribution in [0.25, 0.3) is 0 Å². The number of likely N-dealkylation sites (tertiary alicyclic amines) is 1. The van der Waals surface area contributed by atoms with Crippen molar-refractivity contribution in [2.24, 2.45) is 16.1 Å². The normalized spacial score (nSPS) is 20.9. The monoisotopic (exact) mass is 418 g/mol. The van der Waals surface area contributed by atoms with E-state index in [4.69, 9.17) is 15.9 Å². The molecule has 0 atom stereocenters. The Labute approximate surface area is 179 Å². The zero-order valence-electron chi connectivity index (χ0n) is 18.4. The van der Waals surface area contributed by atoms with Gasteiger partial charge in [-0.2, -0.15) is 10.2 Å². The predicted molar refractivity (Wildman–Crippen MR) is 112 cm³/mol. The van der Waals surface area contributed by atoms with Crippen LogP contribution < -0.4 is 0 Å². The molecule has 8 nitrogen and oxygen atoms in total. The van der Waals surface area contributed by atoms with Gasteiger partial charge in [0.2, 0.25) is 5.91 Å². The second kappa shape index (κ2) is 9.34. The predicted octanol–water partition coefficient (Wildman–Crippen LogP) is 3.22. The van der Waals surface area contributed by atoms with Crippen LogP contribution in [-0.2, 0) is 14.3 Å². The smallest absolute Gasteiger partial charge is 0.410 e. The van der Waals surface area contributed by atoms with E-state index >= 15 is 0 Å². The highest BCUT2D eigenvalue weighted by atomic mass is 16.6.